The van der Waals surface area contributed by atoms with E-state index in [2.05, 4.69) is 10.3 Å². The van der Waals surface area contributed by atoms with Crippen molar-refractivity contribution in [1.82, 2.24) is 15.0 Å². The zero-order chi connectivity index (χ0) is 14.0. The van der Waals surface area contributed by atoms with Gasteiger partial charge in [0.15, 0.2) is 0 Å². The molecule has 1 heterocycles. The van der Waals surface area contributed by atoms with E-state index in [1.54, 1.807) is 13.2 Å². The fourth-order valence-corrected chi connectivity index (χ4v) is 1.40. The number of aromatic nitrogens is 3. The smallest absolute Gasteiger partial charge is 0.341 e. The number of hydrogen-bond donors (Lipinski definition) is 1. The van der Waals surface area contributed by atoms with E-state index in [1.807, 2.05) is 0 Å². The second-order valence-electron chi connectivity index (χ2n) is 3.81. The fourth-order valence-electron chi connectivity index (χ4n) is 1.40. The number of rotatable bonds is 3. The third-order valence-electron chi connectivity index (χ3n) is 2.31. The second kappa shape index (κ2) is 5.01. The molecule has 0 atom stereocenters. The third kappa shape index (κ3) is 2.84. The summed E-state index contributed by atoms with van der Waals surface area (Å²) < 4.78 is 32.6. The van der Waals surface area contributed by atoms with Crippen LogP contribution in [0.3, 0.4) is 0 Å². The van der Waals surface area contributed by atoms with Gasteiger partial charge in [-0.15, -0.1) is 5.10 Å². The van der Waals surface area contributed by atoms with Crippen LogP contribution in [0.25, 0.3) is 0 Å². The molecule has 0 amide bonds. The van der Waals surface area contributed by atoms with E-state index in [1.165, 1.54) is 4.68 Å². The van der Waals surface area contributed by atoms with E-state index in [-0.39, 0.29) is 12.3 Å². The summed E-state index contributed by atoms with van der Waals surface area (Å²) in [5.74, 6) is -2.91. The van der Waals surface area contributed by atoms with Crippen molar-refractivity contribution in [3.8, 4) is 0 Å². The van der Waals surface area contributed by atoms with Gasteiger partial charge in [-0.05, 0) is 6.07 Å². The van der Waals surface area contributed by atoms with Gasteiger partial charge in [0.25, 0.3) is 0 Å². The molecule has 0 aliphatic carbocycles. The lowest BCUT2D eigenvalue weighted by Crippen LogP contribution is -2.09. The average Bonchev–Trinajstić information content (AvgIpc) is 2.77. The van der Waals surface area contributed by atoms with Crippen LogP contribution in [0.15, 0.2) is 18.3 Å². The van der Waals surface area contributed by atoms with Gasteiger partial charge in [-0.1, -0.05) is 5.21 Å². The highest BCUT2D eigenvalue weighted by atomic mass is 19.1. The molecule has 2 aromatic rings. The Hall–Kier alpha value is -2.51. The van der Waals surface area contributed by atoms with Gasteiger partial charge in [0, 0.05) is 13.1 Å². The Balaban J connectivity index is 2.10. The van der Waals surface area contributed by atoms with Gasteiger partial charge in [0.1, 0.15) is 23.9 Å². The molecule has 0 aliphatic rings. The Labute approximate surface area is 106 Å². The lowest BCUT2D eigenvalue weighted by Gasteiger charge is -2.05. The minimum Gasteiger partial charge on any atom is -0.455 e. The highest BCUT2D eigenvalue weighted by molar-refractivity contribution is 5.90. The topological polar surface area (TPSA) is 83.0 Å². The number of halogens is 2. The van der Waals surface area contributed by atoms with Gasteiger partial charge in [-0.2, -0.15) is 0 Å². The van der Waals surface area contributed by atoms with Crippen LogP contribution in [0.5, 0.6) is 0 Å². The Kier molecular flexibility index (Phi) is 3.41. The highest BCUT2D eigenvalue weighted by Gasteiger charge is 2.16. The number of aryl methyl sites for hydroxylation is 1. The van der Waals surface area contributed by atoms with Crippen molar-refractivity contribution in [1.29, 1.82) is 0 Å². The second-order valence-corrected chi connectivity index (χ2v) is 3.81. The van der Waals surface area contributed by atoms with Crippen LogP contribution in [0.1, 0.15) is 16.1 Å². The van der Waals surface area contributed by atoms with Crippen molar-refractivity contribution in [2.24, 2.45) is 7.05 Å². The van der Waals surface area contributed by atoms with E-state index in [0.29, 0.717) is 11.8 Å². The van der Waals surface area contributed by atoms with Crippen molar-refractivity contribution in [3.63, 3.8) is 0 Å². The molecular formula is C11H10F2N4O2. The lowest BCUT2D eigenvalue weighted by atomic mass is 10.2. The van der Waals surface area contributed by atoms with Crippen LogP contribution in [0, 0.1) is 11.6 Å². The summed E-state index contributed by atoms with van der Waals surface area (Å²) in [6.45, 7) is -0.163. The van der Waals surface area contributed by atoms with E-state index >= 15 is 0 Å². The number of ether oxygens (including phenoxy) is 1. The molecule has 0 fully saturated rings. The molecule has 8 heteroatoms. The Morgan fingerprint density at radius 2 is 2.16 bits per heavy atom. The normalized spacial score (nSPS) is 10.5. The lowest BCUT2D eigenvalue weighted by molar-refractivity contribution is 0.0462. The van der Waals surface area contributed by atoms with Gasteiger partial charge in [-0.3, -0.25) is 4.68 Å². The molecule has 0 unspecified atom stereocenters. The summed E-state index contributed by atoms with van der Waals surface area (Å²) in [6, 6.07) is 1.43. The maximum absolute atomic E-state index is 13.4. The summed E-state index contributed by atoms with van der Waals surface area (Å²) >= 11 is 0. The van der Waals surface area contributed by atoms with Crippen LogP contribution in [-0.4, -0.2) is 21.0 Å². The first kappa shape index (κ1) is 12.9. The van der Waals surface area contributed by atoms with Gasteiger partial charge < -0.3 is 10.5 Å². The molecule has 0 aliphatic heterocycles. The fraction of sp³-hybridized carbons (Fsp3) is 0.182. The standard InChI is InChI=1S/C11H10F2N4O2/c1-17-4-6(15-16-17)5-19-11(18)7-2-10(14)9(13)3-8(7)12/h2-4H,5,14H2,1H3. The van der Waals surface area contributed by atoms with Crippen LogP contribution in [0.2, 0.25) is 0 Å². The maximum Gasteiger partial charge on any atom is 0.341 e. The molecule has 0 spiro atoms. The summed E-state index contributed by atoms with van der Waals surface area (Å²) in [7, 11) is 1.65. The van der Waals surface area contributed by atoms with Crippen molar-refractivity contribution in [3.05, 3.63) is 41.2 Å². The molecule has 0 saturated heterocycles. The monoisotopic (exact) mass is 268 g/mol. The summed E-state index contributed by atoms with van der Waals surface area (Å²) in [4.78, 5) is 11.6. The van der Waals surface area contributed by atoms with E-state index in [9.17, 15) is 13.6 Å². The van der Waals surface area contributed by atoms with Crippen LogP contribution in [0.4, 0.5) is 14.5 Å². The molecule has 2 rings (SSSR count). The van der Waals surface area contributed by atoms with Crippen molar-refractivity contribution in [2.45, 2.75) is 6.61 Å². The molecule has 2 N–H and O–H groups in total. The minimum atomic E-state index is -1.03. The van der Waals surface area contributed by atoms with Gasteiger partial charge >= 0.3 is 5.97 Å². The van der Waals surface area contributed by atoms with Crippen LogP contribution < -0.4 is 5.73 Å². The SMILES string of the molecule is Cn1cc(COC(=O)c2cc(N)c(F)cc2F)nn1. The summed E-state index contributed by atoms with van der Waals surface area (Å²) in [5, 5.41) is 7.34. The van der Waals surface area contributed by atoms with Crippen molar-refractivity contribution >= 4 is 11.7 Å². The van der Waals surface area contributed by atoms with E-state index < -0.39 is 23.2 Å². The number of anilines is 1. The average molecular weight is 268 g/mol. The molecule has 0 saturated carbocycles. The number of carbonyl (C=O) groups excluding carboxylic acids is 1. The number of nitrogens with two attached hydrogens (primary N) is 1. The molecule has 19 heavy (non-hydrogen) atoms. The molecular weight excluding hydrogens is 258 g/mol. The first-order valence-corrected chi connectivity index (χ1v) is 5.24. The first-order valence-electron chi connectivity index (χ1n) is 5.24. The maximum atomic E-state index is 13.4. The van der Waals surface area contributed by atoms with E-state index in [4.69, 9.17) is 10.5 Å². The van der Waals surface area contributed by atoms with Gasteiger partial charge in [0.05, 0.1) is 17.4 Å². The van der Waals surface area contributed by atoms with Crippen LogP contribution >= 0.6 is 0 Å². The minimum absolute atomic E-state index is 0.163. The number of benzene rings is 1. The van der Waals surface area contributed by atoms with Gasteiger partial charge in [0.2, 0.25) is 0 Å². The van der Waals surface area contributed by atoms with Crippen molar-refractivity contribution < 1.29 is 18.3 Å². The molecule has 100 valence electrons. The predicted molar refractivity (Wildman–Crippen MR) is 60.9 cm³/mol. The zero-order valence-electron chi connectivity index (χ0n) is 9.93. The predicted octanol–water partition coefficient (Wildman–Crippen LogP) is 1.03. The molecule has 1 aromatic heterocycles. The summed E-state index contributed by atoms with van der Waals surface area (Å²) in [5.41, 5.74) is 4.92. The quantitative estimate of drug-likeness (QED) is 0.664. The highest BCUT2D eigenvalue weighted by Crippen LogP contribution is 2.17. The molecule has 1 aromatic carbocycles. The van der Waals surface area contributed by atoms with E-state index in [0.717, 1.165) is 6.07 Å². The number of esters is 1. The number of hydrogen-bond acceptors (Lipinski definition) is 5. The van der Waals surface area contributed by atoms with Crippen LogP contribution in [-0.2, 0) is 18.4 Å². The van der Waals surface area contributed by atoms with Crippen molar-refractivity contribution in [2.75, 3.05) is 5.73 Å². The summed E-state index contributed by atoms with van der Waals surface area (Å²) in [6.07, 6.45) is 1.54. The first-order chi connectivity index (χ1) is 8.97. The largest absolute Gasteiger partial charge is 0.455 e. The Morgan fingerprint density at radius 1 is 1.42 bits per heavy atom. The molecule has 0 radical (unpaired) electrons. The third-order valence-corrected chi connectivity index (χ3v) is 2.31. The Bertz CT molecular complexity index is 627. The zero-order valence-corrected chi connectivity index (χ0v) is 9.93. The Morgan fingerprint density at radius 3 is 2.79 bits per heavy atom. The molecule has 6 nitrogen and oxygen atoms in total. The number of carbonyl (C=O) groups is 1. The van der Waals surface area contributed by atoms with Gasteiger partial charge in [-0.25, -0.2) is 13.6 Å². The molecule has 0 bridgehead atoms. The number of nitrogens with zero attached hydrogens (tertiary/aromatic N) is 3. The number of nitrogen functional groups attached to an aromatic ring is 1.